The van der Waals surface area contributed by atoms with Crippen LogP contribution in [0.4, 0.5) is 8.78 Å². The molecule has 1 unspecified atom stereocenters. The van der Waals surface area contributed by atoms with Crippen molar-refractivity contribution in [3.05, 3.63) is 0 Å². The highest BCUT2D eigenvalue weighted by Crippen LogP contribution is 2.20. The van der Waals surface area contributed by atoms with Gasteiger partial charge in [0.05, 0.1) is 19.0 Å². The summed E-state index contributed by atoms with van der Waals surface area (Å²) in [5.74, 6) is 0. The maximum Gasteiger partial charge on any atom is 0.251 e. The van der Waals surface area contributed by atoms with Crippen LogP contribution in [0.25, 0.3) is 0 Å². The van der Waals surface area contributed by atoms with E-state index in [1.807, 2.05) is 6.07 Å². The molecule has 1 fully saturated rings. The SMILES string of the molecule is N#CCC1CCN1CC(F)F. The fraction of sp³-hybridized carbons (Fsp3) is 0.857. The number of nitrogens with zero attached hydrogens (tertiary/aromatic N) is 2. The van der Waals surface area contributed by atoms with Crippen molar-refractivity contribution < 1.29 is 8.78 Å². The summed E-state index contributed by atoms with van der Waals surface area (Å²) in [6.45, 7) is 0.545. The van der Waals surface area contributed by atoms with E-state index in [9.17, 15) is 8.78 Å². The number of halogens is 2. The maximum absolute atomic E-state index is 11.8. The summed E-state index contributed by atoms with van der Waals surface area (Å²) in [7, 11) is 0. The first-order valence-electron chi connectivity index (χ1n) is 3.63. The van der Waals surface area contributed by atoms with Crippen molar-refractivity contribution in [2.75, 3.05) is 13.1 Å². The largest absolute Gasteiger partial charge is 0.294 e. The van der Waals surface area contributed by atoms with E-state index in [1.165, 1.54) is 0 Å². The van der Waals surface area contributed by atoms with Crippen molar-refractivity contribution in [1.82, 2.24) is 4.90 Å². The molecule has 62 valence electrons. The number of alkyl halides is 2. The lowest BCUT2D eigenvalue weighted by atomic mass is 10.0. The minimum atomic E-state index is -2.27. The summed E-state index contributed by atoms with van der Waals surface area (Å²) in [4.78, 5) is 1.66. The molecule has 0 saturated carbocycles. The second-order valence-corrected chi connectivity index (χ2v) is 2.69. The molecule has 0 bridgehead atoms. The van der Waals surface area contributed by atoms with E-state index in [-0.39, 0.29) is 12.6 Å². The van der Waals surface area contributed by atoms with Gasteiger partial charge in [0.2, 0.25) is 0 Å². The summed E-state index contributed by atoms with van der Waals surface area (Å²) in [6, 6.07) is 2.08. The van der Waals surface area contributed by atoms with E-state index in [0.29, 0.717) is 6.42 Å². The second kappa shape index (κ2) is 3.63. The van der Waals surface area contributed by atoms with Crippen LogP contribution < -0.4 is 0 Å². The Morgan fingerprint density at radius 3 is 2.73 bits per heavy atom. The van der Waals surface area contributed by atoms with Crippen LogP contribution in [0.5, 0.6) is 0 Å². The Morgan fingerprint density at radius 1 is 1.64 bits per heavy atom. The zero-order valence-corrected chi connectivity index (χ0v) is 6.13. The molecule has 1 atom stereocenters. The maximum atomic E-state index is 11.8. The van der Waals surface area contributed by atoms with Gasteiger partial charge in [-0.25, -0.2) is 8.78 Å². The summed E-state index contributed by atoms with van der Waals surface area (Å²) in [5.41, 5.74) is 0. The molecule has 1 aliphatic rings. The Kier molecular flexibility index (Phi) is 2.77. The van der Waals surface area contributed by atoms with Crippen LogP contribution in [0.2, 0.25) is 0 Å². The van der Waals surface area contributed by atoms with Gasteiger partial charge in [0.25, 0.3) is 6.43 Å². The summed E-state index contributed by atoms with van der Waals surface area (Å²) in [6.07, 6.45) is -0.996. The van der Waals surface area contributed by atoms with E-state index in [0.717, 1.165) is 13.0 Å². The number of hydrogen-bond donors (Lipinski definition) is 0. The van der Waals surface area contributed by atoms with E-state index in [2.05, 4.69) is 0 Å². The number of likely N-dealkylation sites (tertiary alicyclic amines) is 1. The van der Waals surface area contributed by atoms with Crippen molar-refractivity contribution in [1.29, 1.82) is 5.26 Å². The van der Waals surface area contributed by atoms with Gasteiger partial charge in [0.1, 0.15) is 0 Å². The minimum absolute atomic E-state index is 0.0917. The van der Waals surface area contributed by atoms with Crippen LogP contribution in [-0.4, -0.2) is 30.5 Å². The van der Waals surface area contributed by atoms with Crippen LogP contribution in [0.1, 0.15) is 12.8 Å². The van der Waals surface area contributed by atoms with Crippen LogP contribution in [0, 0.1) is 11.3 Å². The monoisotopic (exact) mass is 160 g/mol. The normalized spacial score (nSPS) is 24.7. The molecule has 2 nitrogen and oxygen atoms in total. The predicted octanol–water partition coefficient (Wildman–Crippen LogP) is 1.24. The zero-order valence-electron chi connectivity index (χ0n) is 6.13. The molecule has 1 aliphatic heterocycles. The standard InChI is InChI=1S/C7H10F2N2/c8-7(9)5-11-4-2-6(11)1-3-10/h6-7H,1-2,4-5H2. The lowest BCUT2D eigenvalue weighted by molar-refractivity contribution is 0.0186. The number of nitriles is 1. The molecular weight excluding hydrogens is 150 g/mol. The van der Waals surface area contributed by atoms with Crippen molar-refractivity contribution >= 4 is 0 Å². The fourth-order valence-electron chi connectivity index (χ4n) is 1.25. The lowest BCUT2D eigenvalue weighted by Crippen LogP contribution is -2.49. The minimum Gasteiger partial charge on any atom is -0.294 e. The van der Waals surface area contributed by atoms with Gasteiger partial charge < -0.3 is 0 Å². The molecular formula is C7H10F2N2. The highest BCUT2D eigenvalue weighted by molar-refractivity contribution is 4.90. The molecule has 0 aromatic heterocycles. The van der Waals surface area contributed by atoms with Gasteiger partial charge in [0, 0.05) is 12.6 Å². The summed E-state index contributed by atoms with van der Waals surface area (Å²) < 4.78 is 23.6. The van der Waals surface area contributed by atoms with Gasteiger partial charge in [-0.05, 0) is 6.42 Å². The molecule has 0 spiro atoms. The van der Waals surface area contributed by atoms with Gasteiger partial charge in [-0.1, -0.05) is 0 Å². The van der Waals surface area contributed by atoms with Gasteiger partial charge in [-0.2, -0.15) is 5.26 Å². The van der Waals surface area contributed by atoms with E-state index in [4.69, 9.17) is 5.26 Å². The smallest absolute Gasteiger partial charge is 0.251 e. The third kappa shape index (κ3) is 2.12. The van der Waals surface area contributed by atoms with Crippen molar-refractivity contribution in [3.63, 3.8) is 0 Å². The van der Waals surface area contributed by atoms with Crippen molar-refractivity contribution in [2.45, 2.75) is 25.3 Å². The Hall–Kier alpha value is -0.690. The van der Waals surface area contributed by atoms with Gasteiger partial charge >= 0.3 is 0 Å². The first kappa shape index (κ1) is 8.41. The van der Waals surface area contributed by atoms with Crippen LogP contribution in [0.3, 0.4) is 0 Å². The number of rotatable bonds is 3. The van der Waals surface area contributed by atoms with Crippen molar-refractivity contribution in [3.8, 4) is 6.07 Å². The highest BCUT2D eigenvalue weighted by Gasteiger charge is 2.29. The molecule has 1 heterocycles. The molecule has 1 rings (SSSR count). The summed E-state index contributed by atoms with van der Waals surface area (Å²) in [5, 5.41) is 8.29. The van der Waals surface area contributed by atoms with E-state index < -0.39 is 6.43 Å². The quantitative estimate of drug-likeness (QED) is 0.621. The van der Waals surface area contributed by atoms with Gasteiger partial charge in [-0.3, -0.25) is 4.90 Å². The highest BCUT2D eigenvalue weighted by atomic mass is 19.3. The molecule has 0 aromatic rings. The Balaban J connectivity index is 2.21. The van der Waals surface area contributed by atoms with E-state index >= 15 is 0 Å². The molecule has 4 heteroatoms. The number of hydrogen-bond acceptors (Lipinski definition) is 2. The van der Waals surface area contributed by atoms with Crippen LogP contribution in [-0.2, 0) is 0 Å². The first-order chi connectivity index (χ1) is 5.24. The Bertz CT molecular complexity index is 164. The van der Waals surface area contributed by atoms with Crippen molar-refractivity contribution in [2.24, 2.45) is 0 Å². The molecule has 1 saturated heterocycles. The van der Waals surface area contributed by atoms with Crippen LogP contribution >= 0.6 is 0 Å². The Labute approximate surface area is 64.4 Å². The van der Waals surface area contributed by atoms with Gasteiger partial charge in [-0.15, -0.1) is 0 Å². The Morgan fingerprint density at radius 2 is 2.36 bits per heavy atom. The topological polar surface area (TPSA) is 27.0 Å². The molecule has 0 aliphatic carbocycles. The molecule has 0 N–H and O–H groups in total. The lowest BCUT2D eigenvalue weighted by Gasteiger charge is -2.39. The van der Waals surface area contributed by atoms with Crippen LogP contribution in [0.15, 0.2) is 0 Å². The average molecular weight is 160 g/mol. The molecule has 0 aromatic carbocycles. The fourth-order valence-corrected chi connectivity index (χ4v) is 1.25. The first-order valence-corrected chi connectivity index (χ1v) is 3.63. The molecule has 0 radical (unpaired) electrons. The summed E-state index contributed by atoms with van der Waals surface area (Å²) >= 11 is 0. The predicted molar refractivity (Wildman–Crippen MR) is 36.2 cm³/mol. The second-order valence-electron chi connectivity index (χ2n) is 2.69. The third-order valence-electron chi connectivity index (χ3n) is 1.97. The molecule has 0 amide bonds. The van der Waals surface area contributed by atoms with E-state index in [1.54, 1.807) is 4.90 Å². The average Bonchev–Trinajstić information content (AvgIpc) is 1.93. The molecule has 11 heavy (non-hydrogen) atoms. The third-order valence-corrected chi connectivity index (χ3v) is 1.97. The zero-order chi connectivity index (χ0) is 8.27. The van der Waals surface area contributed by atoms with Gasteiger partial charge in [0.15, 0.2) is 0 Å².